The minimum Gasteiger partial charge on any atom is -0.353 e. The van der Waals surface area contributed by atoms with Crippen molar-refractivity contribution in [2.75, 3.05) is 17.3 Å². The SMILES string of the molecule is CC(C)C(C)(C)CNc1nc(NN)nc(-n2cccn2)n1. The Labute approximate surface area is 124 Å². The lowest BCUT2D eigenvalue weighted by Crippen LogP contribution is -2.29. The topological polar surface area (TPSA) is 107 Å². The Kier molecular flexibility index (Phi) is 4.37. The van der Waals surface area contributed by atoms with Gasteiger partial charge in [-0.3, -0.25) is 5.43 Å². The van der Waals surface area contributed by atoms with Crippen LogP contribution in [0.15, 0.2) is 18.5 Å². The Balaban J connectivity index is 2.22. The number of hydrazine groups is 1. The highest BCUT2D eigenvalue weighted by molar-refractivity contribution is 5.37. The van der Waals surface area contributed by atoms with Crippen LogP contribution in [0.3, 0.4) is 0 Å². The van der Waals surface area contributed by atoms with Crippen LogP contribution in [0.1, 0.15) is 27.7 Å². The number of nitrogen functional groups attached to an aromatic ring is 1. The Morgan fingerprint density at radius 3 is 2.52 bits per heavy atom. The average molecular weight is 290 g/mol. The second kappa shape index (κ2) is 6.04. The largest absolute Gasteiger partial charge is 0.353 e. The lowest BCUT2D eigenvalue weighted by molar-refractivity contribution is 0.269. The maximum atomic E-state index is 5.41. The Bertz CT molecular complexity index is 576. The molecule has 114 valence electrons. The van der Waals surface area contributed by atoms with Crippen LogP contribution >= 0.6 is 0 Å². The Morgan fingerprint density at radius 1 is 1.24 bits per heavy atom. The van der Waals surface area contributed by atoms with Crippen LogP contribution in [-0.4, -0.2) is 31.3 Å². The fraction of sp³-hybridized carbons (Fsp3) is 0.538. The van der Waals surface area contributed by atoms with E-state index in [4.69, 9.17) is 5.84 Å². The van der Waals surface area contributed by atoms with E-state index in [1.807, 2.05) is 0 Å². The van der Waals surface area contributed by atoms with E-state index in [1.165, 1.54) is 0 Å². The molecule has 21 heavy (non-hydrogen) atoms. The number of nitrogens with two attached hydrogens (primary N) is 1. The highest BCUT2D eigenvalue weighted by Gasteiger charge is 2.22. The number of rotatable bonds is 6. The van der Waals surface area contributed by atoms with E-state index in [-0.39, 0.29) is 5.41 Å². The van der Waals surface area contributed by atoms with Crippen molar-refractivity contribution in [2.45, 2.75) is 27.7 Å². The molecule has 0 atom stereocenters. The molecule has 0 aliphatic heterocycles. The van der Waals surface area contributed by atoms with E-state index in [2.05, 4.69) is 58.5 Å². The summed E-state index contributed by atoms with van der Waals surface area (Å²) in [6.45, 7) is 9.52. The molecule has 0 spiro atoms. The average Bonchev–Trinajstić information content (AvgIpc) is 2.99. The highest BCUT2D eigenvalue weighted by atomic mass is 15.4. The molecule has 4 N–H and O–H groups in total. The predicted molar refractivity (Wildman–Crippen MR) is 81.9 cm³/mol. The molecule has 2 heterocycles. The first-order valence-corrected chi connectivity index (χ1v) is 6.89. The van der Waals surface area contributed by atoms with Gasteiger partial charge in [-0.15, -0.1) is 0 Å². The van der Waals surface area contributed by atoms with Crippen molar-refractivity contribution in [3.05, 3.63) is 18.5 Å². The third-order valence-electron chi connectivity index (χ3n) is 3.73. The van der Waals surface area contributed by atoms with Crippen molar-refractivity contribution in [3.8, 4) is 5.95 Å². The van der Waals surface area contributed by atoms with Gasteiger partial charge in [-0.05, 0) is 17.4 Å². The number of hydrogen-bond donors (Lipinski definition) is 3. The fourth-order valence-electron chi connectivity index (χ4n) is 1.51. The fourth-order valence-corrected chi connectivity index (χ4v) is 1.51. The molecule has 0 unspecified atom stereocenters. The summed E-state index contributed by atoms with van der Waals surface area (Å²) < 4.78 is 1.56. The zero-order valence-corrected chi connectivity index (χ0v) is 12.8. The molecule has 0 saturated heterocycles. The monoisotopic (exact) mass is 290 g/mol. The van der Waals surface area contributed by atoms with Gasteiger partial charge in [0.1, 0.15) is 0 Å². The first-order chi connectivity index (χ1) is 9.92. The van der Waals surface area contributed by atoms with Gasteiger partial charge in [0.05, 0.1) is 0 Å². The summed E-state index contributed by atoms with van der Waals surface area (Å²) in [4.78, 5) is 12.7. The number of anilines is 2. The molecule has 2 aromatic heterocycles. The van der Waals surface area contributed by atoms with Crippen LogP contribution < -0.4 is 16.6 Å². The van der Waals surface area contributed by atoms with Crippen molar-refractivity contribution in [3.63, 3.8) is 0 Å². The number of nitrogens with one attached hydrogen (secondary N) is 2. The van der Waals surface area contributed by atoms with Gasteiger partial charge in [-0.25, -0.2) is 10.5 Å². The summed E-state index contributed by atoms with van der Waals surface area (Å²) in [5.41, 5.74) is 2.57. The molecule has 0 bridgehead atoms. The zero-order chi connectivity index (χ0) is 15.5. The third kappa shape index (κ3) is 3.66. The van der Waals surface area contributed by atoms with E-state index < -0.39 is 0 Å². The van der Waals surface area contributed by atoms with Crippen LogP contribution in [0.2, 0.25) is 0 Å². The van der Waals surface area contributed by atoms with Gasteiger partial charge >= 0.3 is 0 Å². The normalized spacial score (nSPS) is 11.7. The quantitative estimate of drug-likeness (QED) is 0.546. The molecule has 0 aromatic carbocycles. The predicted octanol–water partition coefficient (Wildman–Crippen LogP) is 1.44. The lowest BCUT2D eigenvalue weighted by Gasteiger charge is -2.29. The molecule has 0 amide bonds. The number of hydrogen-bond acceptors (Lipinski definition) is 7. The highest BCUT2D eigenvalue weighted by Crippen LogP contribution is 2.25. The molecule has 0 saturated carbocycles. The van der Waals surface area contributed by atoms with E-state index in [0.717, 1.165) is 6.54 Å². The van der Waals surface area contributed by atoms with Crippen LogP contribution in [0.25, 0.3) is 5.95 Å². The molecule has 2 aromatic rings. The van der Waals surface area contributed by atoms with E-state index >= 15 is 0 Å². The molecule has 2 rings (SSSR count). The van der Waals surface area contributed by atoms with Gasteiger partial charge < -0.3 is 5.32 Å². The lowest BCUT2D eigenvalue weighted by atomic mass is 9.81. The van der Waals surface area contributed by atoms with Crippen LogP contribution in [0.5, 0.6) is 0 Å². The Hall–Kier alpha value is -2.22. The zero-order valence-electron chi connectivity index (χ0n) is 12.8. The third-order valence-corrected chi connectivity index (χ3v) is 3.73. The van der Waals surface area contributed by atoms with Crippen LogP contribution in [0.4, 0.5) is 11.9 Å². The molecule has 8 heteroatoms. The minimum atomic E-state index is 0.120. The van der Waals surface area contributed by atoms with Gasteiger partial charge in [-0.2, -0.15) is 20.1 Å². The van der Waals surface area contributed by atoms with Crippen molar-refractivity contribution in [1.82, 2.24) is 24.7 Å². The van der Waals surface area contributed by atoms with Crippen LogP contribution in [-0.2, 0) is 0 Å². The van der Waals surface area contributed by atoms with Gasteiger partial charge in [0, 0.05) is 18.9 Å². The standard InChI is InChI=1S/C13H22N8/c1-9(2)13(3,4)8-15-10-17-11(20-14)19-12(18-10)21-7-5-6-16-21/h5-7,9H,8,14H2,1-4H3,(H2,15,17,18,19,20). The molecule has 8 nitrogen and oxygen atoms in total. The van der Waals surface area contributed by atoms with Gasteiger partial charge in [0.25, 0.3) is 5.95 Å². The van der Waals surface area contributed by atoms with Crippen molar-refractivity contribution in [1.29, 1.82) is 0 Å². The van der Waals surface area contributed by atoms with Crippen LogP contribution in [0, 0.1) is 11.3 Å². The summed E-state index contributed by atoms with van der Waals surface area (Å²) in [5, 5.41) is 7.35. The van der Waals surface area contributed by atoms with Gasteiger partial charge in [0.15, 0.2) is 0 Å². The molecular weight excluding hydrogens is 268 g/mol. The summed E-state index contributed by atoms with van der Waals surface area (Å²) in [6, 6.07) is 1.80. The van der Waals surface area contributed by atoms with Gasteiger partial charge in [-0.1, -0.05) is 27.7 Å². The molecule has 0 aliphatic carbocycles. The molecular formula is C13H22N8. The first kappa shape index (κ1) is 15.2. The second-order valence-electron chi connectivity index (χ2n) is 5.87. The number of aromatic nitrogens is 5. The second-order valence-corrected chi connectivity index (χ2v) is 5.87. The first-order valence-electron chi connectivity index (χ1n) is 6.89. The van der Waals surface area contributed by atoms with Crippen molar-refractivity contribution in [2.24, 2.45) is 17.2 Å². The molecule has 0 fully saturated rings. The summed E-state index contributed by atoms with van der Waals surface area (Å²) in [7, 11) is 0. The Morgan fingerprint density at radius 2 is 1.95 bits per heavy atom. The summed E-state index contributed by atoms with van der Waals surface area (Å²) in [6.07, 6.45) is 3.42. The summed E-state index contributed by atoms with van der Waals surface area (Å²) >= 11 is 0. The summed E-state index contributed by atoms with van der Waals surface area (Å²) in [5.74, 6) is 7.11. The van der Waals surface area contributed by atoms with E-state index in [9.17, 15) is 0 Å². The minimum absolute atomic E-state index is 0.120. The maximum Gasteiger partial charge on any atom is 0.257 e. The van der Waals surface area contributed by atoms with Crippen molar-refractivity contribution >= 4 is 11.9 Å². The smallest absolute Gasteiger partial charge is 0.257 e. The molecule has 0 aliphatic rings. The number of nitrogens with zero attached hydrogens (tertiary/aromatic N) is 5. The van der Waals surface area contributed by atoms with Crippen molar-refractivity contribution < 1.29 is 0 Å². The van der Waals surface area contributed by atoms with E-state index in [0.29, 0.717) is 23.8 Å². The van der Waals surface area contributed by atoms with E-state index in [1.54, 1.807) is 23.1 Å². The van der Waals surface area contributed by atoms with Gasteiger partial charge in [0.2, 0.25) is 11.9 Å². The maximum absolute atomic E-state index is 5.41. The molecule has 0 radical (unpaired) electrons.